The molecule has 74 valence electrons. The van der Waals surface area contributed by atoms with E-state index >= 15 is 0 Å². The molecule has 2 N–H and O–H groups in total. The molecule has 0 unspecified atom stereocenters. The van der Waals surface area contributed by atoms with Crippen LogP contribution in [-0.2, 0) is 22.7 Å². The van der Waals surface area contributed by atoms with E-state index in [1.54, 1.807) is 6.07 Å². The van der Waals surface area contributed by atoms with Crippen LogP contribution in [0.25, 0.3) is 0 Å². The molecule has 1 aliphatic heterocycles. The van der Waals surface area contributed by atoms with Gasteiger partial charge in [0, 0.05) is 5.56 Å². The van der Waals surface area contributed by atoms with Crippen molar-refractivity contribution in [2.24, 2.45) is 0 Å². The van der Waals surface area contributed by atoms with Gasteiger partial charge in [0.1, 0.15) is 12.4 Å². The third-order valence-electron chi connectivity index (χ3n) is 1.99. The van der Waals surface area contributed by atoms with Gasteiger partial charge in [-0.15, -0.1) is 0 Å². The summed E-state index contributed by atoms with van der Waals surface area (Å²) in [6, 6.07) is 3.66. The van der Waals surface area contributed by atoms with Crippen LogP contribution >= 0.6 is 0 Å². The molecule has 5 heteroatoms. The minimum absolute atomic E-state index is 0.118. The highest BCUT2D eigenvalue weighted by Gasteiger charge is 2.12. The predicted octanol–water partition coefficient (Wildman–Crippen LogP) is 0.608. The van der Waals surface area contributed by atoms with E-state index in [1.165, 1.54) is 0 Å². The minimum Gasteiger partial charge on any atom is -0.480 e. The van der Waals surface area contributed by atoms with Gasteiger partial charge >= 0.3 is 5.97 Å². The van der Waals surface area contributed by atoms with E-state index in [-0.39, 0.29) is 6.54 Å². The summed E-state index contributed by atoms with van der Waals surface area (Å²) >= 11 is 0. The van der Waals surface area contributed by atoms with Crippen molar-refractivity contribution in [3.05, 3.63) is 23.4 Å². The maximum Gasteiger partial charge on any atom is 0.322 e. The van der Waals surface area contributed by atoms with Gasteiger partial charge in [-0.05, 0) is 6.07 Å². The number of fused-ring (bicyclic) bond motifs is 1. The van der Waals surface area contributed by atoms with Crippen LogP contribution < -0.4 is 5.32 Å². The van der Waals surface area contributed by atoms with Gasteiger partial charge in [-0.25, -0.2) is 4.98 Å². The fourth-order valence-corrected chi connectivity index (χ4v) is 1.31. The number of aliphatic carboxylic acids is 1. The zero-order valence-corrected chi connectivity index (χ0v) is 7.49. The molecule has 0 atom stereocenters. The smallest absolute Gasteiger partial charge is 0.322 e. The molecule has 0 radical (unpaired) electrons. The Morgan fingerprint density at radius 1 is 1.57 bits per heavy atom. The molecule has 1 aromatic heterocycles. The van der Waals surface area contributed by atoms with E-state index in [2.05, 4.69) is 10.3 Å². The Morgan fingerprint density at radius 3 is 3.21 bits per heavy atom. The number of rotatable bonds is 3. The number of anilines is 1. The van der Waals surface area contributed by atoms with E-state index < -0.39 is 5.97 Å². The second kappa shape index (κ2) is 3.63. The highest BCUT2D eigenvalue weighted by Crippen LogP contribution is 2.19. The summed E-state index contributed by atoms with van der Waals surface area (Å²) < 4.78 is 5.19. The fourth-order valence-electron chi connectivity index (χ4n) is 1.31. The van der Waals surface area contributed by atoms with E-state index in [9.17, 15) is 4.79 Å². The molecule has 0 spiro atoms. The number of carboxylic acid groups (broad SMARTS) is 1. The number of aromatic nitrogens is 1. The van der Waals surface area contributed by atoms with E-state index in [4.69, 9.17) is 9.84 Å². The molecule has 0 aromatic carbocycles. The Morgan fingerprint density at radius 2 is 2.43 bits per heavy atom. The Labute approximate surface area is 80.7 Å². The lowest BCUT2D eigenvalue weighted by Gasteiger charge is -2.03. The van der Waals surface area contributed by atoms with Gasteiger partial charge in [-0.3, -0.25) is 4.79 Å². The van der Waals surface area contributed by atoms with Crippen LogP contribution in [0.4, 0.5) is 5.82 Å². The third-order valence-corrected chi connectivity index (χ3v) is 1.99. The highest BCUT2D eigenvalue weighted by atomic mass is 16.5. The minimum atomic E-state index is -0.899. The maximum absolute atomic E-state index is 10.3. The normalized spacial score (nSPS) is 13.7. The molecule has 0 aliphatic carbocycles. The van der Waals surface area contributed by atoms with Gasteiger partial charge < -0.3 is 15.2 Å². The zero-order chi connectivity index (χ0) is 9.97. The Bertz CT molecular complexity index is 365. The molecule has 0 saturated heterocycles. The summed E-state index contributed by atoms with van der Waals surface area (Å²) in [6.45, 7) is 0.992. The van der Waals surface area contributed by atoms with Crippen molar-refractivity contribution in [1.82, 2.24) is 4.98 Å². The summed E-state index contributed by atoms with van der Waals surface area (Å²) in [5, 5.41) is 11.2. The summed E-state index contributed by atoms with van der Waals surface area (Å²) in [7, 11) is 0. The quantitative estimate of drug-likeness (QED) is 0.737. The molecular formula is C9H10N2O3. The number of nitrogens with one attached hydrogen (secondary N) is 1. The van der Waals surface area contributed by atoms with Crippen molar-refractivity contribution in [1.29, 1.82) is 0 Å². The van der Waals surface area contributed by atoms with Crippen LogP contribution in [0.5, 0.6) is 0 Å². The Kier molecular flexibility index (Phi) is 2.32. The van der Waals surface area contributed by atoms with Crippen molar-refractivity contribution in [3.8, 4) is 0 Å². The second-order valence-corrected chi connectivity index (χ2v) is 3.04. The number of ether oxygens (including phenoxy) is 1. The van der Waals surface area contributed by atoms with Gasteiger partial charge in [0.25, 0.3) is 0 Å². The summed E-state index contributed by atoms with van der Waals surface area (Å²) in [6.07, 6.45) is 0. The second-order valence-electron chi connectivity index (χ2n) is 3.04. The van der Waals surface area contributed by atoms with Crippen molar-refractivity contribution < 1.29 is 14.6 Å². The lowest BCUT2D eigenvalue weighted by Crippen LogP contribution is -2.13. The van der Waals surface area contributed by atoms with Gasteiger partial charge in [0.2, 0.25) is 0 Å². The average Bonchev–Trinajstić information content (AvgIpc) is 2.61. The average molecular weight is 194 g/mol. The topological polar surface area (TPSA) is 71.5 Å². The first-order chi connectivity index (χ1) is 6.75. The fraction of sp³-hybridized carbons (Fsp3) is 0.333. The van der Waals surface area contributed by atoms with Crippen LogP contribution in [0.2, 0.25) is 0 Å². The number of carboxylic acids is 1. The standard InChI is InChI=1S/C9H10N2O3/c12-9(13)3-10-8-2-1-6-4-14-5-7(6)11-8/h1-2H,3-5H2,(H,10,11)(H,12,13). The molecule has 0 fully saturated rings. The first-order valence-electron chi connectivity index (χ1n) is 4.28. The van der Waals surface area contributed by atoms with Gasteiger partial charge in [-0.2, -0.15) is 0 Å². The van der Waals surface area contributed by atoms with Crippen molar-refractivity contribution in [2.45, 2.75) is 13.2 Å². The molecule has 0 bridgehead atoms. The monoisotopic (exact) mass is 194 g/mol. The first kappa shape index (κ1) is 8.96. The maximum atomic E-state index is 10.3. The summed E-state index contributed by atoms with van der Waals surface area (Å²) in [4.78, 5) is 14.5. The highest BCUT2D eigenvalue weighted by molar-refractivity contribution is 5.72. The van der Waals surface area contributed by atoms with E-state index in [0.717, 1.165) is 11.3 Å². The number of carbonyl (C=O) groups is 1. The summed E-state index contributed by atoms with van der Waals surface area (Å²) in [5.74, 6) is -0.319. The largest absolute Gasteiger partial charge is 0.480 e. The third kappa shape index (κ3) is 1.82. The molecule has 0 amide bonds. The molecule has 2 heterocycles. The lowest BCUT2D eigenvalue weighted by atomic mass is 10.2. The Balaban J connectivity index is 2.09. The molecule has 0 saturated carbocycles. The van der Waals surface area contributed by atoms with Gasteiger partial charge in [0.05, 0.1) is 18.9 Å². The van der Waals surface area contributed by atoms with Gasteiger partial charge in [-0.1, -0.05) is 6.07 Å². The molecule has 14 heavy (non-hydrogen) atoms. The van der Waals surface area contributed by atoms with Crippen LogP contribution in [0.15, 0.2) is 12.1 Å². The molecule has 1 aromatic rings. The number of hydrogen-bond donors (Lipinski definition) is 2. The molecule has 1 aliphatic rings. The SMILES string of the molecule is O=C(O)CNc1ccc2c(n1)COC2. The molecule has 2 rings (SSSR count). The van der Waals surface area contributed by atoms with E-state index in [1.807, 2.05) is 6.07 Å². The molecule has 5 nitrogen and oxygen atoms in total. The zero-order valence-electron chi connectivity index (χ0n) is 7.49. The number of pyridine rings is 1. The van der Waals surface area contributed by atoms with Crippen LogP contribution in [-0.4, -0.2) is 22.6 Å². The summed E-state index contributed by atoms with van der Waals surface area (Å²) in [5.41, 5.74) is 1.96. The Hall–Kier alpha value is -1.62. The van der Waals surface area contributed by atoms with Gasteiger partial charge in [0.15, 0.2) is 0 Å². The molecular weight excluding hydrogens is 184 g/mol. The number of hydrogen-bond acceptors (Lipinski definition) is 4. The van der Waals surface area contributed by atoms with E-state index in [0.29, 0.717) is 19.0 Å². The van der Waals surface area contributed by atoms with Crippen LogP contribution in [0.3, 0.4) is 0 Å². The first-order valence-corrected chi connectivity index (χ1v) is 4.28. The van der Waals surface area contributed by atoms with Crippen molar-refractivity contribution in [3.63, 3.8) is 0 Å². The van der Waals surface area contributed by atoms with Crippen molar-refractivity contribution in [2.75, 3.05) is 11.9 Å². The van der Waals surface area contributed by atoms with Crippen LogP contribution in [0.1, 0.15) is 11.3 Å². The van der Waals surface area contributed by atoms with Crippen LogP contribution in [0, 0.1) is 0 Å². The van der Waals surface area contributed by atoms with Crippen molar-refractivity contribution >= 4 is 11.8 Å². The predicted molar refractivity (Wildman–Crippen MR) is 48.9 cm³/mol. The lowest BCUT2D eigenvalue weighted by molar-refractivity contribution is -0.134. The number of nitrogens with zero attached hydrogens (tertiary/aromatic N) is 1.